The minimum Gasteiger partial charge on any atom is -0.482 e. The van der Waals surface area contributed by atoms with Crippen molar-refractivity contribution >= 4 is 29.2 Å². The zero-order valence-corrected chi connectivity index (χ0v) is 13.6. The van der Waals surface area contributed by atoms with Crippen molar-refractivity contribution in [1.82, 2.24) is 0 Å². The molecule has 0 saturated carbocycles. The van der Waals surface area contributed by atoms with Crippen molar-refractivity contribution in [2.24, 2.45) is 0 Å². The van der Waals surface area contributed by atoms with E-state index in [1.54, 1.807) is 30.3 Å². The summed E-state index contributed by atoms with van der Waals surface area (Å²) in [5.41, 5.74) is 2.61. The van der Waals surface area contributed by atoms with Crippen LogP contribution in [0.25, 0.3) is 0 Å². The predicted molar refractivity (Wildman–Crippen MR) is 90.1 cm³/mol. The summed E-state index contributed by atoms with van der Waals surface area (Å²) in [6, 6.07) is 12.5. The highest BCUT2D eigenvalue weighted by Gasteiger charge is 2.15. The fourth-order valence-electron chi connectivity index (χ4n) is 2.42. The molecule has 0 spiro atoms. The van der Waals surface area contributed by atoms with Crippen molar-refractivity contribution in [2.75, 3.05) is 11.9 Å². The number of hydrogen-bond donors (Lipinski definition) is 1. The van der Waals surface area contributed by atoms with Crippen molar-refractivity contribution in [3.63, 3.8) is 0 Å². The van der Waals surface area contributed by atoms with Gasteiger partial charge in [0.1, 0.15) is 12.4 Å². The number of carbonyl (C=O) groups is 2. The Morgan fingerprint density at radius 3 is 2.88 bits per heavy atom. The van der Waals surface area contributed by atoms with E-state index in [-0.39, 0.29) is 19.1 Å². The number of fused-ring (bicyclic) bond motifs is 1. The van der Waals surface area contributed by atoms with E-state index in [0.29, 0.717) is 23.6 Å². The van der Waals surface area contributed by atoms with Gasteiger partial charge in [-0.15, -0.1) is 0 Å². The average Bonchev–Trinajstić information content (AvgIpc) is 2.58. The van der Waals surface area contributed by atoms with Gasteiger partial charge in [0.25, 0.3) is 0 Å². The molecule has 6 heteroatoms. The van der Waals surface area contributed by atoms with E-state index in [2.05, 4.69) is 5.32 Å². The second-order valence-electron chi connectivity index (χ2n) is 5.45. The Hall–Kier alpha value is -2.53. The maximum atomic E-state index is 11.8. The quantitative estimate of drug-likeness (QED) is 0.844. The summed E-state index contributed by atoms with van der Waals surface area (Å²) in [4.78, 5) is 23.1. The van der Waals surface area contributed by atoms with Gasteiger partial charge in [0.15, 0.2) is 6.61 Å². The molecule has 0 unspecified atom stereocenters. The van der Waals surface area contributed by atoms with Crippen LogP contribution in [0.2, 0.25) is 5.02 Å². The van der Waals surface area contributed by atoms with Crippen LogP contribution >= 0.6 is 11.6 Å². The second-order valence-corrected chi connectivity index (χ2v) is 5.88. The third-order valence-corrected chi connectivity index (χ3v) is 3.85. The van der Waals surface area contributed by atoms with Crippen LogP contribution in [0.15, 0.2) is 42.5 Å². The Bertz CT molecular complexity index is 775. The molecule has 0 atom stereocenters. The number of anilines is 1. The SMILES string of the molecule is O=C1CCc2cc(OCC(=O)OCc3cccc(Cl)c3)ccc2N1. The number of esters is 1. The number of ether oxygens (including phenoxy) is 2. The van der Waals surface area contributed by atoms with Crippen molar-refractivity contribution in [2.45, 2.75) is 19.4 Å². The lowest BCUT2D eigenvalue weighted by Gasteiger charge is -2.17. The lowest BCUT2D eigenvalue weighted by Crippen LogP contribution is -2.19. The lowest BCUT2D eigenvalue weighted by molar-refractivity contribution is -0.147. The van der Waals surface area contributed by atoms with Gasteiger partial charge in [0, 0.05) is 17.1 Å². The summed E-state index contributed by atoms with van der Waals surface area (Å²) in [5, 5.41) is 3.40. The first-order valence-corrected chi connectivity index (χ1v) is 7.93. The molecule has 1 aliphatic heterocycles. The van der Waals surface area contributed by atoms with Gasteiger partial charge in [0.05, 0.1) is 0 Å². The molecule has 1 heterocycles. The number of benzene rings is 2. The Balaban J connectivity index is 1.50. The second kappa shape index (κ2) is 7.36. The third-order valence-electron chi connectivity index (χ3n) is 3.62. The summed E-state index contributed by atoms with van der Waals surface area (Å²) in [6.07, 6.45) is 1.12. The summed E-state index contributed by atoms with van der Waals surface area (Å²) in [6.45, 7) is -0.0231. The van der Waals surface area contributed by atoms with Crippen LogP contribution in [0.1, 0.15) is 17.5 Å². The Kier molecular flexibility index (Phi) is 5.01. The fourth-order valence-corrected chi connectivity index (χ4v) is 2.64. The van der Waals surface area contributed by atoms with E-state index in [0.717, 1.165) is 16.8 Å². The molecule has 1 N–H and O–H groups in total. The summed E-state index contributed by atoms with van der Waals surface area (Å²) < 4.78 is 10.6. The molecule has 0 aliphatic carbocycles. The van der Waals surface area contributed by atoms with Crippen LogP contribution in [0.4, 0.5) is 5.69 Å². The highest BCUT2D eigenvalue weighted by Crippen LogP contribution is 2.26. The Morgan fingerprint density at radius 1 is 1.17 bits per heavy atom. The molecule has 24 heavy (non-hydrogen) atoms. The smallest absolute Gasteiger partial charge is 0.344 e. The van der Waals surface area contributed by atoms with Crippen LogP contribution < -0.4 is 10.1 Å². The van der Waals surface area contributed by atoms with Crippen molar-refractivity contribution in [1.29, 1.82) is 0 Å². The highest BCUT2D eigenvalue weighted by molar-refractivity contribution is 6.30. The normalized spacial score (nSPS) is 13.0. The van der Waals surface area contributed by atoms with Gasteiger partial charge in [-0.1, -0.05) is 23.7 Å². The van der Waals surface area contributed by atoms with Gasteiger partial charge in [-0.05, 0) is 47.9 Å². The van der Waals surface area contributed by atoms with Gasteiger partial charge in [-0.25, -0.2) is 4.79 Å². The van der Waals surface area contributed by atoms with Crippen molar-refractivity contribution < 1.29 is 19.1 Å². The summed E-state index contributed by atoms with van der Waals surface area (Å²) in [5.74, 6) is 0.131. The van der Waals surface area contributed by atoms with E-state index in [1.165, 1.54) is 0 Å². The van der Waals surface area contributed by atoms with E-state index < -0.39 is 5.97 Å². The monoisotopic (exact) mass is 345 g/mol. The number of rotatable bonds is 5. The van der Waals surface area contributed by atoms with Crippen molar-refractivity contribution in [3.05, 3.63) is 58.6 Å². The molecule has 1 amide bonds. The van der Waals surface area contributed by atoms with Crippen LogP contribution in [0, 0.1) is 0 Å². The minimum atomic E-state index is -0.457. The topological polar surface area (TPSA) is 64.6 Å². The van der Waals surface area contributed by atoms with E-state index >= 15 is 0 Å². The van der Waals surface area contributed by atoms with Crippen LogP contribution in [0.5, 0.6) is 5.75 Å². The molecule has 0 radical (unpaired) electrons. The molecular weight excluding hydrogens is 330 g/mol. The first-order chi connectivity index (χ1) is 11.6. The molecule has 124 valence electrons. The molecule has 0 fully saturated rings. The highest BCUT2D eigenvalue weighted by atomic mass is 35.5. The Morgan fingerprint density at radius 2 is 2.04 bits per heavy atom. The molecule has 3 rings (SSSR count). The van der Waals surface area contributed by atoms with Crippen molar-refractivity contribution in [3.8, 4) is 5.75 Å². The predicted octanol–water partition coefficient (Wildman–Crippen LogP) is 3.35. The zero-order chi connectivity index (χ0) is 16.9. The van der Waals surface area contributed by atoms with Crippen LogP contribution in [-0.4, -0.2) is 18.5 Å². The van der Waals surface area contributed by atoms with Gasteiger partial charge in [-0.3, -0.25) is 4.79 Å². The molecule has 0 saturated heterocycles. The standard InChI is InChI=1S/C18H16ClNO4/c19-14-3-1-2-12(8-14)10-24-18(22)11-23-15-5-6-16-13(9-15)4-7-17(21)20-16/h1-3,5-6,8-9H,4,7,10-11H2,(H,20,21). The van der Waals surface area contributed by atoms with Gasteiger partial charge < -0.3 is 14.8 Å². The maximum absolute atomic E-state index is 11.8. The fraction of sp³-hybridized carbons (Fsp3) is 0.222. The number of aryl methyl sites for hydroxylation is 1. The van der Waals surface area contributed by atoms with Crippen LogP contribution in [0.3, 0.4) is 0 Å². The van der Waals surface area contributed by atoms with E-state index in [4.69, 9.17) is 21.1 Å². The first-order valence-electron chi connectivity index (χ1n) is 7.56. The third kappa shape index (κ3) is 4.26. The zero-order valence-electron chi connectivity index (χ0n) is 12.9. The molecule has 2 aromatic carbocycles. The number of amides is 1. The lowest BCUT2D eigenvalue weighted by atomic mass is 10.0. The molecule has 2 aromatic rings. The van der Waals surface area contributed by atoms with Gasteiger partial charge in [-0.2, -0.15) is 0 Å². The molecule has 0 bridgehead atoms. The molecular formula is C18H16ClNO4. The van der Waals surface area contributed by atoms with Crippen LogP contribution in [-0.2, 0) is 27.4 Å². The maximum Gasteiger partial charge on any atom is 0.344 e. The van der Waals surface area contributed by atoms with Gasteiger partial charge in [0.2, 0.25) is 5.91 Å². The minimum absolute atomic E-state index is 0.0146. The number of hydrogen-bond acceptors (Lipinski definition) is 4. The summed E-state index contributed by atoms with van der Waals surface area (Å²) >= 11 is 5.88. The largest absolute Gasteiger partial charge is 0.482 e. The number of halogens is 1. The molecule has 5 nitrogen and oxygen atoms in total. The Labute approximate surface area is 144 Å². The van der Waals surface area contributed by atoms with E-state index in [1.807, 2.05) is 12.1 Å². The first kappa shape index (κ1) is 16.3. The molecule has 1 aliphatic rings. The molecule has 0 aromatic heterocycles. The number of nitrogens with one attached hydrogen (secondary N) is 1. The number of carbonyl (C=O) groups excluding carboxylic acids is 2. The average molecular weight is 346 g/mol. The van der Waals surface area contributed by atoms with Gasteiger partial charge >= 0.3 is 5.97 Å². The van der Waals surface area contributed by atoms with E-state index in [9.17, 15) is 9.59 Å². The summed E-state index contributed by atoms with van der Waals surface area (Å²) in [7, 11) is 0.